The fraction of sp³-hybridized carbons (Fsp3) is 0. The van der Waals surface area contributed by atoms with Crippen LogP contribution in [0.1, 0.15) is 0 Å². The Morgan fingerprint density at radius 3 is 1.58 bits per heavy atom. The van der Waals surface area contributed by atoms with Crippen LogP contribution < -0.4 is 0 Å². The second-order valence-electron chi connectivity index (χ2n) is 4.05. The van der Waals surface area contributed by atoms with Crippen LogP contribution in [0.2, 0.25) is 0 Å². The summed E-state index contributed by atoms with van der Waals surface area (Å²) < 4.78 is 0. The monoisotopic (exact) mass is 250 g/mol. The van der Waals surface area contributed by atoms with E-state index in [2.05, 4.69) is 67.2 Å². The van der Waals surface area contributed by atoms with E-state index in [4.69, 9.17) is 5.11 Å². The molecule has 3 aromatic carbocycles. The van der Waals surface area contributed by atoms with Crippen LogP contribution in [0.4, 0.5) is 0 Å². The Bertz CT molecular complexity index is 675. The van der Waals surface area contributed by atoms with Gasteiger partial charge in [-0.05, 0) is 21.5 Å². The Morgan fingerprint density at radius 2 is 1.21 bits per heavy atom. The summed E-state index contributed by atoms with van der Waals surface area (Å²) in [7, 11) is 0. The minimum Gasteiger partial charge on any atom is -0.478 e. The molecular formula is C17H14O2. The van der Waals surface area contributed by atoms with E-state index in [1.54, 1.807) is 0 Å². The van der Waals surface area contributed by atoms with Crippen molar-refractivity contribution in [2.45, 2.75) is 0 Å². The van der Waals surface area contributed by atoms with Crippen LogP contribution in [0.15, 0.2) is 73.3 Å². The maximum Gasteiger partial charge on any atom is 0.327 e. The molecule has 0 bridgehead atoms. The fourth-order valence-electron chi connectivity index (χ4n) is 1.95. The van der Waals surface area contributed by atoms with Crippen molar-refractivity contribution >= 4 is 27.5 Å². The van der Waals surface area contributed by atoms with Gasteiger partial charge in [-0.1, -0.05) is 67.2 Å². The summed E-state index contributed by atoms with van der Waals surface area (Å²) in [5.74, 6) is -0.981. The van der Waals surface area contributed by atoms with Gasteiger partial charge in [-0.3, -0.25) is 0 Å². The first-order chi connectivity index (χ1) is 9.22. The van der Waals surface area contributed by atoms with E-state index in [0.717, 1.165) is 6.08 Å². The van der Waals surface area contributed by atoms with Gasteiger partial charge in [0.15, 0.2) is 0 Å². The van der Waals surface area contributed by atoms with Gasteiger partial charge in [0.1, 0.15) is 0 Å². The highest BCUT2D eigenvalue weighted by Crippen LogP contribution is 2.24. The Kier molecular flexibility index (Phi) is 3.94. The molecule has 0 radical (unpaired) electrons. The van der Waals surface area contributed by atoms with Crippen molar-refractivity contribution in [3.63, 3.8) is 0 Å². The highest BCUT2D eigenvalue weighted by Gasteiger charge is 1.97. The molecule has 3 rings (SSSR count). The lowest BCUT2D eigenvalue weighted by atomic mass is 10.0. The molecule has 0 saturated carbocycles. The van der Waals surface area contributed by atoms with Crippen molar-refractivity contribution in [1.82, 2.24) is 0 Å². The van der Waals surface area contributed by atoms with Crippen LogP contribution in [0.25, 0.3) is 21.5 Å². The lowest BCUT2D eigenvalue weighted by molar-refractivity contribution is -0.131. The van der Waals surface area contributed by atoms with Crippen molar-refractivity contribution in [1.29, 1.82) is 0 Å². The normalized spacial score (nSPS) is 9.68. The number of hydrogen-bond donors (Lipinski definition) is 1. The molecule has 0 aliphatic rings. The molecule has 1 N–H and O–H groups in total. The summed E-state index contributed by atoms with van der Waals surface area (Å²) in [4.78, 5) is 9.25. The number of hydrogen-bond acceptors (Lipinski definition) is 1. The number of aliphatic carboxylic acids is 1. The summed E-state index contributed by atoms with van der Waals surface area (Å²) >= 11 is 0. The Balaban J connectivity index is 0.000000232. The van der Waals surface area contributed by atoms with Gasteiger partial charge in [0.05, 0.1) is 0 Å². The van der Waals surface area contributed by atoms with Gasteiger partial charge in [0, 0.05) is 6.08 Å². The van der Waals surface area contributed by atoms with E-state index >= 15 is 0 Å². The lowest BCUT2D eigenvalue weighted by Gasteiger charge is -2.02. The van der Waals surface area contributed by atoms with E-state index in [-0.39, 0.29) is 0 Å². The number of benzene rings is 3. The van der Waals surface area contributed by atoms with Gasteiger partial charge in [0.2, 0.25) is 0 Å². The third-order valence-corrected chi connectivity index (χ3v) is 2.83. The van der Waals surface area contributed by atoms with Gasteiger partial charge in [0.25, 0.3) is 0 Å². The number of rotatable bonds is 1. The number of carboxylic acid groups (broad SMARTS) is 1. The topological polar surface area (TPSA) is 37.3 Å². The Morgan fingerprint density at radius 1 is 0.842 bits per heavy atom. The van der Waals surface area contributed by atoms with E-state index in [1.807, 2.05) is 0 Å². The third kappa shape index (κ3) is 2.99. The molecule has 2 nitrogen and oxygen atoms in total. The smallest absolute Gasteiger partial charge is 0.327 e. The summed E-state index contributed by atoms with van der Waals surface area (Å²) in [5, 5.41) is 12.9. The first kappa shape index (κ1) is 12.8. The van der Waals surface area contributed by atoms with Crippen LogP contribution in [0.5, 0.6) is 0 Å². The molecule has 0 atom stereocenters. The van der Waals surface area contributed by atoms with Crippen molar-refractivity contribution in [2.24, 2.45) is 0 Å². The quantitative estimate of drug-likeness (QED) is 0.518. The maximum atomic E-state index is 9.25. The number of fused-ring (bicyclic) bond motifs is 3. The van der Waals surface area contributed by atoms with Crippen LogP contribution in [-0.4, -0.2) is 11.1 Å². The van der Waals surface area contributed by atoms with Gasteiger partial charge < -0.3 is 5.11 Å². The largest absolute Gasteiger partial charge is 0.478 e. The highest BCUT2D eigenvalue weighted by molar-refractivity contribution is 6.07. The SMILES string of the molecule is C=CC(=O)O.c1ccc2c(c1)ccc1ccccc12. The maximum absolute atomic E-state index is 9.25. The summed E-state index contributed by atoms with van der Waals surface area (Å²) in [5.41, 5.74) is 0. The number of carbonyl (C=O) groups is 1. The van der Waals surface area contributed by atoms with Gasteiger partial charge >= 0.3 is 5.97 Å². The zero-order valence-electron chi connectivity index (χ0n) is 10.4. The molecule has 94 valence electrons. The molecule has 0 aliphatic carbocycles. The molecule has 19 heavy (non-hydrogen) atoms. The molecular weight excluding hydrogens is 236 g/mol. The molecule has 0 unspecified atom stereocenters. The molecule has 3 aromatic rings. The first-order valence-corrected chi connectivity index (χ1v) is 5.94. The van der Waals surface area contributed by atoms with Gasteiger partial charge in [-0.15, -0.1) is 0 Å². The average molecular weight is 250 g/mol. The Labute approximate surface area is 111 Å². The van der Waals surface area contributed by atoms with Crippen LogP contribution in [0.3, 0.4) is 0 Å². The molecule has 2 heteroatoms. The second kappa shape index (κ2) is 5.83. The first-order valence-electron chi connectivity index (χ1n) is 5.94. The minimum atomic E-state index is -0.981. The van der Waals surface area contributed by atoms with Crippen LogP contribution >= 0.6 is 0 Å². The molecule has 0 heterocycles. The fourth-order valence-corrected chi connectivity index (χ4v) is 1.95. The lowest BCUT2D eigenvalue weighted by Crippen LogP contribution is -1.82. The predicted octanol–water partition coefficient (Wildman–Crippen LogP) is 4.25. The predicted molar refractivity (Wildman–Crippen MR) is 79.3 cm³/mol. The number of carboxylic acids is 1. The van der Waals surface area contributed by atoms with E-state index < -0.39 is 5.97 Å². The molecule has 0 aliphatic heterocycles. The van der Waals surface area contributed by atoms with Gasteiger partial charge in [-0.25, -0.2) is 4.79 Å². The molecule has 0 amide bonds. The Hall–Kier alpha value is -2.61. The molecule has 0 fully saturated rings. The zero-order valence-corrected chi connectivity index (χ0v) is 10.4. The van der Waals surface area contributed by atoms with E-state index in [1.165, 1.54) is 21.5 Å². The summed E-state index contributed by atoms with van der Waals surface area (Å²) in [6, 6.07) is 21.4. The van der Waals surface area contributed by atoms with Crippen LogP contribution in [-0.2, 0) is 4.79 Å². The summed E-state index contributed by atoms with van der Waals surface area (Å²) in [6.07, 6.45) is 0.833. The van der Waals surface area contributed by atoms with Gasteiger partial charge in [-0.2, -0.15) is 0 Å². The minimum absolute atomic E-state index is 0.833. The van der Waals surface area contributed by atoms with Crippen molar-refractivity contribution in [3.8, 4) is 0 Å². The van der Waals surface area contributed by atoms with Crippen molar-refractivity contribution in [2.75, 3.05) is 0 Å². The molecule has 0 aromatic heterocycles. The zero-order chi connectivity index (χ0) is 13.7. The highest BCUT2D eigenvalue weighted by atomic mass is 16.4. The van der Waals surface area contributed by atoms with E-state index in [0.29, 0.717) is 0 Å². The van der Waals surface area contributed by atoms with Crippen LogP contribution in [0, 0.1) is 0 Å². The second-order valence-corrected chi connectivity index (χ2v) is 4.05. The van der Waals surface area contributed by atoms with Crippen molar-refractivity contribution in [3.05, 3.63) is 73.3 Å². The standard InChI is InChI=1S/C14H10.C3H4O2/c1-3-7-13-11(5-1)9-10-12-6-2-4-8-14(12)13;1-2-3(4)5/h1-10H;2H,1H2,(H,4,5). The van der Waals surface area contributed by atoms with Crippen molar-refractivity contribution < 1.29 is 9.90 Å². The molecule has 0 saturated heterocycles. The molecule has 0 spiro atoms. The van der Waals surface area contributed by atoms with E-state index in [9.17, 15) is 4.79 Å². The third-order valence-electron chi connectivity index (χ3n) is 2.83. The average Bonchev–Trinajstić information content (AvgIpc) is 2.48. The summed E-state index contributed by atoms with van der Waals surface area (Å²) in [6.45, 7) is 2.96.